The summed E-state index contributed by atoms with van der Waals surface area (Å²) in [6, 6.07) is 9.90. The molecule has 0 aromatic heterocycles. The van der Waals surface area contributed by atoms with Crippen LogP contribution in [0.5, 0.6) is 0 Å². The fourth-order valence-electron chi connectivity index (χ4n) is 1.46. The average molecular weight is 247 g/mol. The van der Waals surface area contributed by atoms with Crippen LogP contribution in [0, 0.1) is 11.3 Å². The summed E-state index contributed by atoms with van der Waals surface area (Å²) in [5.74, 6) is -0.511. The highest BCUT2D eigenvalue weighted by molar-refractivity contribution is 5.85. The summed E-state index contributed by atoms with van der Waals surface area (Å²) in [6.45, 7) is -0.147. The number of rotatable bonds is 5. The van der Waals surface area contributed by atoms with Gasteiger partial charge in [0.15, 0.2) is 0 Å². The highest BCUT2D eigenvalue weighted by Gasteiger charge is 2.20. The van der Waals surface area contributed by atoms with Gasteiger partial charge in [-0.15, -0.1) is 0 Å². The quantitative estimate of drug-likeness (QED) is 0.659. The van der Waals surface area contributed by atoms with Gasteiger partial charge in [0.1, 0.15) is 12.6 Å². The first-order chi connectivity index (χ1) is 8.63. The summed E-state index contributed by atoms with van der Waals surface area (Å²) in [6.07, 6.45) is -1.03. The largest absolute Gasteiger partial charge is 0.465 e. The number of nitrogens with one attached hydrogen (secondary N) is 2. The fourth-order valence-corrected chi connectivity index (χ4v) is 1.46. The third-order valence-corrected chi connectivity index (χ3v) is 2.24. The molecule has 6 nitrogen and oxygen atoms in total. The third-order valence-electron chi connectivity index (χ3n) is 2.24. The first-order valence-corrected chi connectivity index (χ1v) is 5.31. The summed E-state index contributed by atoms with van der Waals surface area (Å²) in [5.41, 5.74) is 0.836. The smallest absolute Gasteiger partial charge is 0.405 e. The third kappa shape index (κ3) is 4.53. The zero-order chi connectivity index (χ0) is 13.4. The van der Waals surface area contributed by atoms with Crippen molar-refractivity contribution in [2.75, 3.05) is 6.54 Å². The minimum Gasteiger partial charge on any atom is -0.465 e. The van der Waals surface area contributed by atoms with Crippen LogP contribution in [0.25, 0.3) is 0 Å². The molecule has 1 atom stereocenters. The van der Waals surface area contributed by atoms with Crippen LogP contribution in [-0.4, -0.2) is 29.7 Å². The summed E-state index contributed by atoms with van der Waals surface area (Å²) >= 11 is 0. The standard InChI is InChI=1S/C12H13N3O3/c13-6-7-14-11(16)10(15-12(17)18)8-9-4-2-1-3-5-9/h1-5,10,15H,7-8H2,(H,14,16)(H,17,18). The van der Waals surface area contributed by atoms with E-state index < -0.39 is 18.0 Å². The number of nitriles is 1. The Kier molecular flexibility index (Phi) is 5.19. The molecule has 0 saturated carbocycles. The molecule has 0 radical (unpaired) electrons. The molecule has 2 amide bonds. The van der Waals surface area contributed by atoms with Gasteiger partial charge in [0, 0.05) is 6.42 Å². The summed E-state index contributed by atoms with van der Waals surface area (Å²) in [4.78, 5) is 22.3. The van der Waals surface area contributed by atoms with Crippen LogP contribution in [0.1, 0.15) is 5.56 Å². The van der Waals surface area contributed by atoms with Gasteiger partial charge in [0.2, 0.25) is 5.91 Å². The molecule has 0 fully saturated rings. The van der Waals surface area contributed by atoms with Gasteiger partial charge in [-0.05, 0) is 5.56 Å². The molecule has 6 heteroatoms. The zero-order valence-electron chi connectivity index (χ0n) is 9.59. The molecule has 1 aromatic carbocycles. The van der Waals surface area contributed by atoms with Crippen LogP contribution >= 0.6 is 0 Å². The van der Waals surface area contributed by atoms with E-state index in [-0.39, 0.29) is 13.0 Å². The maximum atomic E-state index is 11.7. The van der Waals surface area contributed by atoms with E-state index in [9.17, 15) is 9.59 Å². The number of carbonyl (C=O) groups excluding carboxylic acids is 1. The maximum Gasteiger partial charge on any atom is 0.405 e. The van der Waals surface area contributed by atoms with E-state index in [0.717, 1.165) is 5.56 Å². The lowest BCUT2D eigenvalue weighted by atomic mass is 10.1. The van der Waals surface area contributed by atoms with Crippen LogP contribution in [0.3, 0.4) is 0 Å². The van der Waals surface area contributed by atoms with E-state index in [1.165, 1.54) is 0 Å². The number of hydrogen-bond acceptors (Lipinski definition) is 3. The lowest BCUT2D eigenvalue weighted by Gasteiger charge is -2.15. The predicted octanol–water partition coefficient (Wildman–Crippen LogP) is 0.505. The van der Waals surface area contributed by atoms with Crippen LogP contribution in [-0.2, 0) is 11.2 Å². The Hall–Kier alpha value is -2.55. The second-order valence-electron chi connectivity index (χ2n) is 3.57. The van der Waals surface area contributed by atoms with Crippen molar-refractivity contribution in [3.05, 3.63) is 35.9 Å². The first kappa shape index (κ1) is 13.5. The Bertz CT molecular complexity index is 453. The zero-order valence-corrected chi connectivity index (χ0v) is 9.59. The van der Waals surface area contributed by atoms with Gasteiger partial charge < -0.3 is 15.7 Å². The van der Waals surface area contributed by atoms with Crippen molar-refractivity contribution < 1.29 is 14.7 Å². The Balaban J connectivity index is 2.69. The van der Waals surface area contributed by atoms with Crippen LogP contribution in [0.15, 0.2) is 30.3 Å². The van der Waals surface area contributed by atoms with Gasteiger partial charge in [0.05, 0.1) is 6.07 Å². The van der Waals surface area contributed by atoms with Gasteiger partial charge in [-0.2, -0.15) is 5.26 Å². The van der Waals surface area contributed by atoms with E-state index >= 15 is 0 Å². The highest BCUT2D eigenvalue weighted by atomic mass is 16.4. The van der Waals surface area contributed by atoms with Crippen LogP contribution in [0.4, 0.5) is 4.79 Å². The summed E-state index contributed by atoms with van der Waals surface area (Å²) < 4.78 is 0. The molecule has 18 heavy (non-hydrogen) atoms. The normalized spacial score (nSPS) is 11.1. The first-order valence-electron chi connectivity index (χ1n) is 5.31. The van der Waals surface area contributed by atoms with E-state index in [4.69, 9.17) is 10.4 Å². The number of carbonyl (C=O) groups is 2. The van der Waals surface area contributed by atoms with Crippen molar-refractivity contribution in [2.45, 2.75) is 12.5 Å². The molecular weight excluding hydrogens is 234 g/mol. The topological polar surface area (TPSA) is 102 Å². The minimum atomic E-state index is -1.27. The maximum absolute atomic E-state index is 11.7. The van der Waals surface area contributed by atoms with Gasteiger partial charge in [0.25, 0.3) is 0 Å². The van der Waals surface area contributed by atoms with E-state index in [0.29, 0.717) is 0 Å². The fraction of sp³-hybridized carbons (Fsp3) is 0.250. The summed E-state index contributed by atoms with van der Waals surface area (Å²) in [7, 11) is 0. The molecule has 0 aliphatic carbocycles. The Morgan fingerprint density at radius 2 is 2.00 bits per heavy atom. The molecule has 1 aromatic rings. The number of amides is 2. The van der Waals surface area contributed by atoms with E-state index in [2.05, 4.69) is 10.6 Å². The van der Waals surface area contributed by atoms with Crippen molar-refractivity contribution >= 4 is 12.0 Å². The van der Waals surface area contributed by atoms with Gasteiger partial charge in [-0.25, -0.2) is 4.79 Å². The lowest BCUT2D eigenvalue weighted by molar-refractivity contribution is -0.122. The van der Waals surface area contributed by atoms with Crippen molar-refractivity contribution in [1.29, 1.82) is 5.26 Å². The number of benzene rings is 1. The highest BCUT2D eigenvalue weighted by Crippen LogP contribution is 2.03. The Labute approximate surface area is 104 Å². The molecule has 94 valence electrons. The molecule has 1 unspecified atom stereocenters. The van der Waals surface area contributed by atoms with Crippen molar-refractivity contribution in [3.63, 3.8) is 0 Å². The number of hydrogen-bond donors (Lipinski definition) is 3. The Morgan fingerprint density at radius 1 is 1.33 bits per heavy atom. The van der Waals surface area contributed by atoms with Crippen LogP contribution < -0.4 is 10.6 Å². The second-order valence-corrected chi connectivity index (χ2v) is 3.57. The summed E-state index contributed by atoms with van der Waals surface area (Å²) in [5, 5.41) is 21.5. The molecule has 0 heterocycles. The van der Waals surface area contributed by atoms with Gasteiger partial charge in [-0.3, -0.25) is 4.79 Å². The lowest BCUT2D eigenvalue weighted by Crippen LogP contribution is -2.47. The molecule has 3 N–H and O–H groups in total. The molecular formula is C12H13N3O3. The number of nitrogens with zero attached hydrogens (tertiary/aromatic N) is 1. The molecule has 0 aliphatic heterocycles. The number of carboxylic acid groups (broad SMARTS) is 1. The van der Waals surface area contributed by atoms with E-state index in [1.54, 1.807) is 30.3 Å². The monoisotopic (exact) mass is 247 g/mol. The molecule has 1 rings (SSSR count). The SMILES string of the molecule is N#CCNC(=O)C(Cc1ccccc1)NC(=O)O. The van der Waals surface area contributed by atoms with Crippen molar-refractivity contribution in [3.8, 4) is 6.07 Å². The molecule has 0 bridgehead atoms. The van der Waals surface area contributed by atoms with Crippen molar-refractivity contribution in [1.82, 2.24) is 10.6 Å². The Morgan fingerprint density at radius 3 is 2.56 bits per heavy atom. The molecule has 0 aliphatic rings. The predicted molar refractivity (Wildman–Crippen MR) is 63.7 cm³/mol. The van der Waals surface area contributed by atoms with Gasteiger partial charge in [-0.1, -0.05) is 30.3 Å². The second kappa shape index (κ2) is 6.91. The average Bonchev–Trinajstić information content (AvgIpc) is 2.36. The van der Waals surface area contributed by atoms with Crippen molar-refractivity contribution in [2.24, 2.45) is 0 Å². The van der Waals surface area contributed by atoms with Crippen LogP contribution in [0.2, 0.25) is 0 Å². The molecule has 0 saturated heterocycles. The minimum absolute atomic E-state index is 0.147. The van der Waals surface area contributed by atoms with Gasteiger partial charge >= 0.3 is 6.09 Å². The van der Waals surface area contributed by atoms with E-state index in [1.807, 2.05) is 6.07 Å². The molecule has 0 spiro atoms.